The molecule has 0 aliphatic carbocycles. The van der Waals surface area contributed by atoms with E-state index in [4.69, 9.17) is 31.2 Å². The number of aliphatic hydroxyl groups is 3. The van der Waals surface area contributed by atoms with Crippen molar-refractivity contribution in [3.05, 3.63) is 42.1 Å². The van der Waals surface area contributed by atoms with Gasteiger partial charge in [0.1, 0.15) is 18.6 Å². The molecule has 0 radical (unpaired) electrons. The monoisotopic (exact) mass is 776 g/mol. The minimum Gasteiger partial charge on any atom is -0.671 e. The average Bonchev–Trinajstić information content (AvgIpc) is 3.41. The average molecular weight is 783 g/mol. The van der Waals surface area contributed by atoms with Crippen LogP contribution >= 0.6 is 0 Å². The van der Waals surface area contributed by atoms with Crippen LogP contribution in [0.5, 0.6) is 5.75 Å². The van der Waals surface area contributed by atoms with Crippen LogP contribution in [-0.2, 0) is 9.47 Å². The molecule has 0 bridgehead atoms. The maximum Gasteiger partial charge on any atom is 0.224 e. The first-order chi connectivity index (χ1) is 17.9. The van der Waals surface area contributed by atoms with Crippen molar-refractivity contribution < 1.29 is 63.5 Å². The predicted octanol–water partition coefficient (Wildman–Crippen LogP) is 2.04. The van der Waals surface area contributed by atoms with Crippen molar-refractivity contribution in [3.63, 3.8) is 0 Å². The Morgan fingerprint density at radius 3 is 2.33 bits per heavy atom. The fraction of sp³-hybridized carbons (Fsp3) is 0.542. The second-order valence-corrected chi connectivity index (χ2v) is 8.92. The van der Waals surface area contributed by atoms with E-state index >= 15 is 0 Å². The van der Waals surface area contributed by atoms with Crippen LogP contribution in [-0.4, -0.2) is 84.2 Å². The zero-order chi connectivity index (χ0) is 28.6. The number of rotatable bonds is 6. The molecule has 1 aliphatic rings. The smallest absolute Gasteiger partial charge is 0.224 e. The maximum atomic E-state index is 12.1. The standard InChI is InChI=1S/C12H18N6O3.C6H5FO.C6H14NO2.Pu/c1-5-8(20)6(3-19)21-11(5)18-4-15-7-9(14-2)16-12(13)17-10(7)18;7-5-3-1-2-4-6(5)8;1-4(2)9-6(8)5(3)7;/h4-6,8,11,19-20H,3H2,1-2H3,(H3,13,14,16,17);1-4,8H;4-8H,1-3H3;/q;;-1;/t5-,6+,8-,11+;;5-,6?;/m0.0./s1. The number of nitrogens with zero attached hydrogens (tertiary/aromatic N) is 4. The molecule has 39 heavy (non-hydrogen) atoms. The van der Waals surface area contributed by atoms with Gasteiger partial charge in [0.2, 0.25) is 5.95 Å². The van der Waals surface area contributed by atoms with Crippen LogP contribution in [0.4, 0.5) is 16.2 Å². The number of nitrogens with two attached hydrogens (primary N) is 1. The summed E-state index contributed by atoms with van der Waals surface area (Å²) in [4.78, 5) is 12.6. The Morgan fingerprint density at radius 1 is 1.26 bits per heavy atom. The summed E-state index contributed by atoms with van der Waals surface area (Å²) < 4.78 is 24.4. The summed E-state index contributed by atoms with van der Waals surface area (Å²) in [6, 6.07) is 5.03. The number of aromatic hydroxyl groups is 1. The van der Waals surface area contributed by atoms with E-state index < -0.39 is 36.6 Å². The van der Waals surface area contributed by atoms with E-state index in [1.165, 1.54) is 18.2 Å². The number of para-hydroxylation sites is 1. The molecular weight excluding hydrogens is 745 g/mol. The molecule has 0 spiro atoms. The zero-order valence-electron chi connectivity index (χ0n) is 22.4. The fourth-order valence-electron chi connectivity index (χ4n) is 3.50. The minimum atomic E-state index is -0.940. The molecule has 1 aromatic carbocycles. The molecule has 15 heteroatoms. The van der Waals surface area contributed by atoms with E-state index in [0.29, 0.717) is 17.0 Å². The van der Waals surface area contributed by atoms with Crippen molar-refractivity contribution in [2.24, 2.45) is 5.92 Å². The summed E-state index contributed by atoms with van der Waals surface area (Å²) in [7, 11) is 1.72. The van der Waals surface area contributed by atoms with Crippen LogP contribution in [0.3, 0.4) is 0 Å². The van der Waals surface area contributed by atoms with E-state index in [1.54, 1.807) is 30.9 Å². The van der Waals surface area contributed by atoms with Gasteiger partial charge in [0.05, 0.1) is 25.1 Å². The number of aromatic nitrogens is 4. The molecule has 3 heterocycles. The summed E-state index contributed by atoms with van der Waals surface area (Å²) in [6.07, 6.45) is -1.21. The van der Waals surface area contributed by atoms with E-state index in [2.05, 4.69) is 20.3 Å². The molecule has 0 amide bonds. The van der Waals surface area contributed by atoms with Crippen LogP contribution in [0.1, 0.15) is 33.9 Å². The van der Waals surface area contributed by atoms with Gasteiger partial charge in [-0.15, -0.1) is 0 Å². The van der Waals surface area contributed by atoms with E-state index in [1.807, 2.05) is 20.8 Å². The van der Waals surface area contributed by atoms with Gasteiger partial charge in [0, 0.05) is 42.1 Å². The van der Waals surface area contributed by atoms with Gasteiger partial charge in [-0.05, 0) is 26.0 Å². The molecule has 0 saturated carbocycles. The van der Waals surface area contributed by atoms with Crippen LogP contribution in [0.2, 0.25) is 0 Å². The number of benzene rings is 1. The van der Waals surface area contributed by atoms with Crippen molar-refractivity contribution in [3.8, 4) is 5.75 Å². The van der Waals surface area contributed by atoms with E-state index in [0.717, 1.165) is 0 Å². The van der Waals surface area contributed by atoms with E-state index in [9.17, 15) is 14.6 Å². The first-order valence-electron chi connectivity index (χ1n) is 12.0. The normalized spacial score (nSPS) is 21.7. The molecule has 13 nitrogen and oxygen atoms in total. The third-order valence-electron chi connectivity index (χ3n) is 5.51. The predicted molar refractivity (Wildman–Crippen MR) is 140 cm³/mol. The molecule has 1 saturated heterocycles. The van der Waals surface area contributed by atoms with Crippen molar-refractivity contribution in [2.45, 2.75) is 64.6 Å². The summed E-state index contributed by atoms with van der Waals surface area (Å²) >= 11 is 0. The third kappa shape index (κ3) is 9.47. The van der Waals surface area contributed by atoms with E-state index in [-0.39, 0.29) is 59.5 Å². The Bertz CT molecular complexity index is 1130. The number of phenolic OH excluding ortho intramolecular Hbond substituents is 1. The number of phenols is 1. The summed E-state index contributed by atoms with van der Waals surface area (Å²) in [5, 5.41) is 39.7. The second kappa shape index (κ2) is 16.2. The van der Waals surface area contributed by atoms with Crippen molar-refractivity contribution >= 4 is 22.9 Å². The Hall–Kier alpha value is -2.15. The summed E-state index contributed by atoms with van der Waals surface area (Å²) in [6.45, 7) is 6.85. The van der Waals surface area contributed by atoms with Crippen LogP contribution in [0.15, 0.2) is 30.6 Å². The maximum absolute atomic E-state index is 12.1. The number of fused-ring (bicyclic) bond motifs is 1. The van der Waals surface area contributed by atoms with Crippen LogP contribution in [0, 0.1) is 40.9 Å². The molecule has 3 aromatic rings. The number of hydrogen-bond donors (Lipinski definition) is 6. The van der Waals surface area contributed by atoms with Gasteiger partial charge in [-0.3, -0.25) is 4.57 Å². The number of halogens is 1. The number of hydrogen-bond acceptors (Lipinski definition) is 11. The van der Waals surface area contributed by atoms with Gasteiger partial charge >= 0.3 is 0 Å². The number of nitrogens with one attached hydrogen (secondary N) is 2. The van der Waals surface area contributed by atoms with Crippen molar-refractivity contribution in [1.82, 2.24) is 19.5 Å². The molecule has 218 valence electrons. The Morgan fingerprint density at radius 2 is 1.90 bits per heavy atom. The second-order valence-electron chi connectivity index (χ2n) is 8.92. The Kier molecular flexibility index (Phi) is 14.5. The number of imidazole rings is 1. The summed E-state index contributed by atoms with van der Waals surface area (Å²) in [5.41, 5.74) is 13.8. The fourth-order valence-corrected chi connectivity index (χ4v) is 3.50. The number of anilines is 2. The SMILES string of the molecule is CC(C)OC(O)[C@H](C)[NH-].CNc1nc(N)nc2c1ncn2[C@@H]1O[C@H](CO)[C@@H](O)[C@@H]1C.Oc1ccccc1F.[Pu]. The quantitative estimate of drug-likeness (QED) is 0.200. The Labute approximate surface area is 248 Å². The van der Waals surface area contributed by atoms with Gasteiger partial charge in [-0.1, -0.05) is 32.0 Å². The molecule has 1 aliphatic heterocycles. The summed E-state index contributed by atoms with van der Waals surface area (Å²) in [5.74, 6) is -0.437. The molecular formula is C24H37FN7O6Pu-. The topological polar surface area (TPSA) is 205 Å². The van der Waals surface area contributed by atoms with Crippen molar-refractivity contribution in [2.75, 3.05) is 24.7 Å². The molecule has 1 unspecified atom stereocenters. The third-order valence-corrected chi connectivity index (χ3v) is 5.51. The Balaban J connectivity index is 0.000000351. The van der Waals surface area contributed by atoms with Gasteiger partial charge in [0.15, 0.2) is 28.5 Å². The first-order valence-corrected chi connectivity index (χ1v) is 12.0. The van der Waals surface area contributed by atoms with Crippen molar-refractivity contribution in [1.29, 1.82) is 0 Å². The van der Waals surface area contributed by atoms with Gasteiger partial charge in [0.25, 0.3) is 0 Å². The van der Waals surface area contributed by atoms with Crippen LogP contribution in [0.25, 0.3) is 16.9 Å². The first kappa shape index (κ1) is 34.9. The van der Waals surface area contributed by atoms with Gasteiger partial charge in [-0.2, -0.15) is 9.97 Å². The van der Waals surface area contributed by atoms with Crippen LogP contribution < -0.4 is 11.1 Å². The zero-order valence-corrected chi connectivity index (χ0v) is 25.8. The van der Waals surface area contributed by atoms with Gasteiger partial charge < -0.3 is 46.7 Å². The molecule has 6 atom stereocenters. The molecule has 2 aromatic heterocycles. The number of nitrogen functional groups attached to an aromatic ring is 1. The van der Waals surface area contributed by atoms with Gasteiger partial charge in [-0.25, -0.2) is 9.37 Å². The minimum absolute atomic E-state index is 0. The number of ether oxygens (including phenoxy) is 2. The molecule has 4 rings (SSSR count). The molecule has 8 N–H and O–H groups in total. The largest absolute Gasteiger partial charge is 0.671 e. The molecule has 1 fully saturated rings. The number of aliphatic hydroxyl groups excluding tert-OH is 3.